The monoisotopic (exact) mass is 340 g/mol. The summed E-state index contributed by atoms with van der Waals surface area (Å²) < 4.78 is 34.5. The molecule has 0 aromatic heterocycles. The lowest BCUT2D eigenvalue weighted by atomic mass is 9.85. The number of hydrogen-bond donors (Lipinski definition) is 0. The Hall–Kier alpha value is -1.47. The van der Waals surface area contributed by atoms with Crippen molar-refractivity contribution in [2.45, 2.75) is 36.1 Å². The topological polar surface area (TPSA) is 57.7 Å². The molecule has 1 aromatic carbocycles. The number of benzene rings is 1. The Morgan fingerprint density at radius 3 is 2.17 bits per heavy atom. The number of carbonyl (C=O) groups is 1. The van der Waals surface area contributed by atoms with Crippen molar-refractivity contribution in [2.24, 2.45) is 0 Å². The first-order valence-electron chi connectivity index (χ1n) is 7.87. The molecule has 0 saturated carbocycles. The molecule has 2 heterocycles. The number of nitrogens with zero attached hydrogens (tertiary/aromatic N) is 2. The van der Waals surface area contributed by atoms with Crippen LogP contribution in [-0.2, 0) is 10.2 Å². The van der Waals surface area contributed by atoms with Crippen LogP contribution in [0.1, 0.15) is 36.0 Å². The summed E-state index contributed by atoms with van der Waals surface area (Å²) in [6.07, 6.45) is 4.33. The summed E-state index contributed by atoms with van der Waals surface area (Å²) in [4.78, 5) is 16.3. The molecule has 2 aliphatic rings. The van der Waals surface area contributed by atoms with Crippen LogP contribution in [0.5, 0.6) is 0 Å². The molecule has 0 unspecified atom stereocenters. The first-order chi connectivity index (χ1) is 10.8. The van der Waals surface area contributed by atoms with Crippen molar-refractivity contribution in [1.29, 1.82) is 0 Å². The maximum atomic E-state index is 12.9. The largest absolute Gasteiger partial charge is 0.339 e. The summed E-state index contributed by atoms with van der Waals surface area (Å²) in [6, 6.07) is 5.03. The molecule has 2 fully saturated rings. The third kappa shape index (κ3) is 3.12. The van der Waals surface area contributed by atoms with E-state index >= 15 is 0 Å². The molecule has 126 valence electrons. The van der Waals surface area contributed by atoms with Gasteiger partial charge in [0.2, 0.25) is 0 Å². The Morgan fingerprint density at radius 2 is 1.70 bits per heavy atom. The van der Waals surface area contributed by atoms with Gasteiger partial charge in [-0.2, -0.15) is 8.42 Å². The molecule has 1 amide bonds. The lowest BCUT2D eigenvalue weighted by Crippen LogP contribution is -2.51. The summed E-state index contributed by atoms with van der Waals surface area (Å²) in [5, 5.41) is 0. The van der Waals surface area contributed by atoms with E-state index in [0.717, 1.165) is 31.5 Å². The predicted octanol–water partition coefficient (Wildman–Crippen LogP) is 2.05. The normalized spacial score (nSPS) is 21.7. The van der Waals surface area contributed by atoms with Gasteiger partial charge in [-0.15, -0.1) is 3.89 Å². The van der Waals surface area contributed by atoms with E-state index < -0.39 is 15.1 Å². The molecule has 5 nitrogen and oxygen atoms in total. The molecule has 2 saturated heterocycles. The second-order valence-corrected chi connectivity index (χ2v) is 7.85. The van der Waals surface area contributed by atoms with Crippen LogP contribution < -0.4 is 0 Å². The van der Waals surface area contributed by atoms with Crippen molar-refractivity contribution in [1.82, 2.24) is 9.80 Å². The number of piperidine rings is 1. The van der Waals surface area contributed by atoms with Crippen molar-refractivity contribution >= 4 is 16.1 Å². The van der Waals surface area contributed by atoms with Gasteiger partial charge in [-0.05, 0) is 63.5 Å². The Labute approximate surface area is 136 Å². The Balaban J connectivity index is 1.68. The van der Waals surface area contributed by atoms with Gasteiger partial charge in [0.05, 0.1) is 4.90 Å². The SMILES string of the molecule is CN1CCCC12CCN(C(=O)c1ccc(S(=O)(=O)F)cc1)CC2. The number of likely N-dealkylation sites (tertiary alicyclic amines) is 2. The minimum absolute atomic E-state index is 0.122. The minimum Gasteiger partial charge on any atom is -0.339 e. The third-order valence-corrected chi connectivity index (χ3v) is 6.14. The Bertz CT molecular complexity index is 695. The first kappa shape index (κ1) is 16.4. The molecule has 1 spiro atoms. The minimum atomic E-state index is -4.72. The summed E-state index contributed by atoms with van der Waals surface area (Å²) >= 11 is 0. The lowest BCUT2D eigenvalue weighted by molar-refractivity contribution is 0.0492. The average molecular weight is 340 g/mol. The molecule has 1 aromatic rings. The van der Waals surface area contributed by atoms with Gasteiger partial charge in [-0.3, -0.25) is 4.79 Å². The number of rotatable bonds is 2. The molecule has 0 aliphatic carbocycles. The first-order valence-corrected chi connectivity index (χ1v) is 9.25. The molecule has 0 atom stereocenters. The molecular weight excluding hydrogens is 319 g/mol. The van der Waals surface area contributed by atoms with Gasteiger partial charge in [0.25, 0.3) is 5.91 Å². The second-order valence-electron chi connectivity index (χ2n) is 6.50. The van der Waals surface area contributed by atoms with Crippen LogP contribution in [0.4, 0.5) is 3.89 Å². The fourth-order valence-corrected chi connectivity index (χ4v) is 4.23. The zero-order chi connectivity index (χ0) is 16.7. The van der Waals surface area contributed by atoms with E-state index in [-0.39, 0.29) is 11.4 Å². The highest BCUT2D eigenvalue weighted by Crippen LogP contribution is 2.37. The molecule has 2 aliphatic heterocycles. The summed E-state index contributed by atoms with van der Waals surface area (Å²) in [6.45, 7) is 2.52. The average Bonchev–Trinajstić information content (AvgIpc) is 2.87. The van der Waals surface area contributed by atoms with Crippen molar-refractivity contribution in [3.63, 3.8) is 0 Å². The number of hydrogen-bond acceptors (Lipinski definition) is 4. The van der Waals surface area contributed by atoms with Crippen LogP contribution in [0.25, 0.3) is 0 Å². The predicted molar refractivity (Wildman–Crippen MR) is 84.5 cm³/mol. The van der Waals surface area contributed by atoms with Gasteiger partial charge in [0, 0.05) is 24.2 Å². The van der Waals surface area contributed by atoms with Gasteiger partial charge in [0.15, 0.2) is 0 Å². The van der Waals surface area contributed by atoms with Crippen molar-refractivity contribution in [3.05, 3.63) is 29.8 Å². The van der Waals surface area contributed by atoms with E-state index in [1.54, 1.807) is 4.90 Å². The van der Waals surface area contributed by atoms with Crippen molar-refractivity contribution in [2.75, 3.05) is 26.7 Å². The molecule has 3 rings (SSSR count). The molecule has 7 heteroatoms. The van der Waals surface area contributed by atoms with Crippen LogP contribution in [0, 0.1) is 0 Å². The van der Waals surface area contributed by atoms with Crippen LogP contribution in [-0.4, -0.2) is 56.3 Å². The quantitative estimate of drug-likeness (QED) is 0.773. The van der Waals surface area contributed by atoms with Gasteiger partial charge >= 0.3 is 10.2 Å². The standard InChI is InChI=1S/C16H21FN2O3S/c1-18-10-2-7-16(18)8-11-19(12-9-16)15(20)13-3-5-14(6-4-13)23(17,21)22/h3-6H,2,7-12H2,1H3. The van der Waals surface area contributed by atoms with Crippen molar-refractivity contribution < 1.29 is 17.1 Å². The second kappa shape index (κ2) is 5.87. The molecule has 0 bridgehead atoms. The van der Waals surface area contributed by atoms with E-state index in [0.29, 0.717) is 18.7 Å². The van der Waals surface area contributed by atoms with Gasteiger partial charge in [0.1, 0.15) is 0 Å². The zero-order valence-corrected chi connectivity index (χ0v) is 14.0. The van der Waals surface area contributed by atoms with E-state index in [9.17, 15) is 17.1 Å². The summed E-state index contributed by atoms with van der Waals surface area (Å²) in [5.74, 6) is -0.122. The van der Waals surface area contributed by atoms with Crippen LogP contribution in [0.3, 0.4) is 0 Å². The van der Waals surface area contributed by atoms with E-state index in [1.165, 1.54) is 25.0 Å². The molecular formula is C16H21FN2O3S. The van der Waals surface area contributed by atoms with Gasteiger partial charge in [-0.1, -0.05) is 0 Å². The maximum Gasteiger partial charge on any atom is 0.332 e. The highest BCUT2D eigenvalue weighted by atomic mass is 32.3. The smallest absolute Gasteiger partial charge is 0.332 e. The summed E-state index contributed by atoms with van der Waals surface area (Å²) in [5.41, 5.74) is 0.635. The van der Waals surface area contributed by atoms with Crippen LogP contribution in [0.15, 0.2) is 29.2 Å². The Kier molecular flexibility index (Phi) is 4.18. The van der Waals surface area contributed by atoms with Crippen LogP contribution in [0.2, 0.25) is 0 Å². The lowest BCUT2D eigenvalue weighted by Gasteiger charge is -2.43. The van der Waals surface area contributed by atoms with Crippen LogP contribution >= 0.6 is 0 Å². The zero-order valence-electron chi connectivity index (χ0n) is 13.2. The number of halogens is 1. The van der Waals surface area contributed by atoms with Crippen molar-refractivity contribution in [3.8, 4) is 0 Å². The van der Waals surface area contributed by atoms with E-state index in [1.807, 2.05) is 0 Å². The third-order valence-electron chi connectivity index (χ3n) is 5.31. The van der Waals surface area contributed by atoms with Gasteiger partial charge < -0.3 is 9.80 Å². The van der Waals surface area contributed by atoms with E-state index in [4.69, 9.17) is 0 Å². The highest BCUT2D eigenvalue weighted by Gasteiger charge is 2.41. The molecule has 0 radical (unpaired) electrons. The Morgan fingerprint density at radius 1 is 1.09 bits per heavy atom. The number of amides is 1. The fourth-order valence-electron chi connectivity index (χ4n) is 3.77. The molecule has 23 heavy (non-hydrogen) atoms. The summed E-state index contributed by atoms with van der Waals surface area (Å²) in [7, 11) is -2.57. The number of carbonyl (C=O) groups excluding carboxylic acids is 1. The highest BCUT2D eigenvalue weighted by molar-refractivity contribution is 7.86. The van der Waals surface area contributed by atoms with Gasteiger partial charge in [-0.25, -0.2) is 0 Å². The fraction of sp³-hybridized carbons (Fsp3) is 0.562. The van der Waals surface area contributed by atoms with E-state index in [2.05, 4.69) is 11.9 Å². The maximum absolute atomic E-state index is 12.9. The molecule has 0 N–H and O–H groups in total.